The third-order valence-electron chi connectivity index (χ3n) is 3.96. The van der Waals surface area contributed by atoms with Crippen LogP contribution in [-0.2, 0) is 4.74 Å². The van der Waals surface area contributed by atoms with Gasteiger partial charge in [-0.3, -0.25) is 0 Å². The summed E-state index contributed by atoms with van der Waals surface area (Å²) in [5.41, 5.74) is 1.23. The van der Waals surface area contributed by atoms with Crippen LogP contribution in [0.2, 0.25) is 0 Å². The Balaban J connectivity index is 1.98. The summed E-state index contributed by atoms with van der Waals surface area (Å²) in [4.78, 5) is 0. The van der Waals surface area contributed by atoms with Crippen molar-refractivity contribution in [2.24, 2.45) is 5.92 Å². The van der Waals surface area contributed by atoms with Crippen molar-refractivity contribution >= 4 is 0 Å². The Kier molecular flexibility index (Phi) is 4.42. The van der Waals surface area contributed by atoms with Crippen LogP contribution in [-0.4, -0.2) is 23.9 Å². The van der Waals surface area contributed by atoms with Gasteiger partial charge in [-0.15, -0.1) is 0 Å². The van der Waals surface area contributed by atoms with E-state index < -0.39 is 0 Å². The highest BCUT2D eigenvalue weighted by Crippen LogP contribution is 2.29. The average Bonchev–Trinajstić information content (AvgIpc) is 2.63. The SMILES string of the molecule is CC1CCOC1C(O)C1=CCCCCCC1. The molecule has 0 radical (unpaired) electrons. The zero-order valence-corrected chi connectivity index (χ0v) is 10.3. The van der Waals surface area contributed by atoms with E-state index in [0.717, 1.165) is 25.9 Å². The zero-order chi connectivity index (χ0) is 11.4. The lowest BCUT2D eigenvalue weighted by atomic mass is 9.89. The van der Waals surface area contributed by atoms with Gasteiger partial charge in [0, 0.05) is 6.61 Å². The number of hydrogen-bond donors (Lipinski definition) is 1. The van der Waals surface area contributed by atoms with Gasteiger partial charge >= 0.3 is 0 Å². The maximum absolute atomic E-state index is 10.4. The minimum atomic E-state index is -0.351. The van der Waals surface area contributed by atoms with Gasteiger partial charge in [0.15, 0.2) is 0 Å². The predicted octanol–water partition coefficient (Wildman–Crippen LogP) is 3.05. The maximum Gasteiger partial charge on any atom is 0.101 e. The largest absolute Gasteiger partial charge is 0.386 e. The molecule has 1 saturated heterocycles. The Hall–Kier alpha value is -0.340. The molecule has 3 atom stereocenters. The lowest BCUT2D eigenvalue weighted by Crippen LogP contribution is -2.31. The molecule has 0 aromatic carbocycles. The smallest absolute Gasteiger partial charge is 0.101 e. The maximum atomic E-state index is 10.4. The van der Waals surface area contributed by atoms with Crippen molar-refractivity contribution in [1.82, 2.24) is 0 Å². The quantitative estimate of drug-likeness (QED) is 0.730. The third-order valence-corrected chi connectivity index (χ3v) is 3.96. The van der Waals surface area contributed by atoms with Crippen molar-refractivity contribution in [3.05, 3.63) is 11.6 Å². The second-order valence-electron chi connectivity index (χ2n) is 5.28. The summed E-state index contributed by atoms with van der Waals surface area (Å²) in [6.45, 7) is 3.00. The molecule has 1 aliphatic heterocycles. The summed E-state index contributed by atoms with van der Waals surface area (Å²) in [5.74, 6) is 0.501. The molecule has 2 nitrogen and oxygen atoms in total. The molecule has 2 rings (SSSR count). The fourth-order valence-electron chi connectivity index (χ4n) is 2.82. The van der Waals surface area contributed by atoms with Gasteiger partial charge in [-0.25, -0.2) is 0 Å². The summed E-state index contributed by atoms with van der Waals surface area (Å²) >= 11 is 0. The van der Waals surface area contributed by atoms with Gasteiger partial charge in [-0.2, -0.15) is 0 Å². The van der Waals surface area contributed by atoms with Crippen molar-refractivity contribution in [2.75, 3.05) is 6.61 Å². The number of rotatable bonds is 2. The van der Waals surface area contributed by atoms with Crippen molar-refractivity contribution in [3.63, 3.8) is 0 Å². The summed E-state index contributed by atoms with van der Waals surface area (Å²) in [6.07, 6.45) is 10.4. The molecule has 1 heterocycles. The molecule has 0 spiro atoms. The van der Waals surface area contributed by atoms with Crippen LogP contribution in [0.25, 0.3) is 0 Å². The first-order chi connectivity index (χ1) is 7.79. The monoisotopic (exact) mass is 224 g/mol. The van der Waals surface area contributed by atoms with Crippen molar-refractivity contribution in [3.8, 4) is 0 Å². The molecule has 1 fully saturated rings. The number of aliphatic hydroxyl groups excluding tert-OH is 1. The van der Waals surface area contributed by atoms with E-state index in [0.29, 0.717) is 5.92 Å². The van der Waals surface area contributed by atoms with E-state index >= 15 is 0 Å². The van der Waals surface area contributed by atoms with E-state index in [1.807, 2.05) is 0 Å². The van der Waals surface area contributed by atoms with Gasteiger partial charge < -0.3 is 9.84 Å². The highest BCUT2D eigenvalue weighted by Gasteiger charge is 2.32. The molecule has 0 aromatic rings. The lowest BCUT2D eigenvalue weighted by molar-refractivity contribution is -0.0000598. The summed E-state index contributed by atoms with van der Waals surface area (Å²) in [5, 5.41) is 10.4. The first-order valence-corrected chi connectivity index (χ1v) is 6.77. The molecular formula is C14H24O2. The van der Waals surface area contributed by atoms with E-state index in [9.17, 15) is 5.11 Å². The standard InChI is InChI=1S/C14H24O2/c1-11-9-10-16-14(11)13(15)12-7-5-3-2-4-6-8-12/h7,11,13-15H,2-6,8-10H2,1H3. The van der Waals surface area contributed by atoms with Crippen LogP contribution in [0.15, 0.2) is 11.6 Å². The average molecular weight is 224 g/mol. The fraction of sp³-hybridized carbons (Fsp3) is 0.857. The number of allylic oxidation sites excluding steroid dienone is 1. The van der Waals surface area contributed by atoms with Crippen molar-refractivity contribution in [2.45, 2.75) is 64.1 Å². The fourth-order valence-corrected chi connectivity index (χ4v) is 2.82. The van der Waals surface area contributed by atoms with E-state index in [4.69, 9.17) is 4.74 Å². The number of ether oxygens (including phenoxy) is 1. The van der Waals surface area contributed by atoms with Gasteiger partial charge in [-0.1, -0.05) is 25.8 Å². The Morgan fingerprint density at radius 2 is 2.12 bits per heavy atom. The molecule has 16 heavy (non-hydrogen) atoms. The molecule has 2 aliphatic rings. The molecule has 1 aliphatic carbocycles. The molecule has 3 unspecified atom stereocenters. The van der Waals surface area contributed by atoms with Gasteiger partial charge in [0.2, 0.25) is 0 Å². The van der Waals surface area contributed by atoms with Crippen molar-refractivity contribution < 1.29 is 9.84 Å². The highest BCUT2D eigenvalue weighted by molar-refractivity contribution is 5.12. The van der Waals surface area contributed by atoms with Gasteiger partial charge in [0.1, 0.15) is 6.10 Å². The van der Waals surface area contributed by atoms with Crippen LogP contribution in [0.1, 0.15) is 51.9 Å². The third kappa shape index (κ3) is 2.86. The number of aliphatic hydroxyl groups is 1. The minimum Gasteiger partial charge on any atom is -0.386 e. The van der Waals surface area contributed by atoms with E-state index in [-0.39, 0.29) is 12.2 Å². The van der Waals surface area contributed by atoms with Gasteiger partial charge in [-0.05, 0) is 43.6 Å². The Labute approximate surface area is 98.7 Å². The summed E-state index contributed by atoms with van der Waals surface area (Å²) in [7, 11) is 0. The lowest BCUT2D eigenvalue weighted by Gasteiger charge is -2.25. The Bertz CT molecular complexity index is 247. The van der Waals surface area contributed by atoms with Gasteiger partial charge in [0.25, 0.3) is 0 Å². The van der Waals surface area contributed by atoms with Crippen molar-refractivity contribution in [1.29, 1.82) is 0 Å². The molecule has 2 heteroatoms. The predicted molar refractivity (Wildman–Crippen MR) is 65.3 cm³/mol. The molecule has 0 bridgehead atoms. The van der Waals surface area contributed by atoms with Crippen LogP contribution in [0, 0.1) is 5.92 Å². The second-order valence-corrected chi connectivity index (χ2v) is 5.28. The Morgan fingerprint density at radius 1 is 1.31 bits per heavy atom. The van der Waals surface area contributed by atoms with E-state index in [1.54, 1.807) is 0 Å². The van der Waals surface area contributed by atoms with E-state index in [1.165, 1.54) is 31.3 Å². The summed E-state index contributed by atoms with van der Waals surface area (Å²) in [6, 6.07) is 0. The first-order valence-electron chi connectivity index (χ1n) is 6.77. The Morgan fingerprint density at radius 3 is 2.88 bits per heavy atom. The molecule has 1 N–H and O–H groups in total. The normalized spacial score (nSPS) is 34.0. The molecule has 0 aromatic heterocycles. The van der Waals surface area contributed by atoms with Crippen LogP contribution in [0.4, 0.5) is 0 Å². The first kappa shape index (κ1) is 12.1. The van der Waals surface area contributed by atoms with Crippen LogP contribution >= 0.6 is 0 Å². The van der Waals surface area contributed by atoms with E-state index in [2.05, 4.69) is 13.0 Å². The highest BCUT2D eigenvalue weighted by atomic mass is 16.5. The topological polar surface area (TPSA) is 29.5 Å². The summed E-state index contributed by atoms with van der Waals surface area (Å²) < 4.78 is 5.66. The molecular weight excluding hydrogens is 200 g/mol. The second kappa shape index (κ2) is 5.83. The van der Waals surface area contributed by atoms with Crippen LogP contribution in [0.3, 0.4) is 0 Å². The molecule has 0 amide bonds. The zero-order valence-electron chi connectivity index (χ0n) is 10.3. The van der Waals surface area contributed by atoms with Crippen LogP contribution < -0.4 is 0 Å². The van der Waals surface area contributed by atoms with Crippen LogP contribution in [0.5, 0.6) is 0 Å². The number of hydrogen-bond acceptors (Lipinski definition) is 2. The van der Waals surface area contributed by atoms with Gasteiger partial charge in [0.05, 0.1) is 6.10 Å². The minimum absolute atomic E-state index is 0.0469. The molecule has 0 saturated carbocycles. The molecule has 92 valence electrons.